The molecule has 1 fully saturated rings. The molecule has 10 N–H and O–H groups in total. The van der Waals surface area contributed by atoms with Crippen LogP contribution in [0, 0.1) is 5.41 Å². The summed E-state index contributed by atoms with van der Waals surface area (Å²) in [5, 5.41) is 5.33. The lowest BCUT2D eigenvalue weighted by atomic mass is 9.98. The van der Waals surface area contributed by atoms with Gasteiger partial charge in [-0.05, 0) is 82.1 Å². The number of rotatable bonds is 14. The zero-order valence-electron chi connectivity index (χ0n) is 28.7. The van der Waals surface area contributed by atoms with Crippen LogP contribution in [0.2, 0.25) is 0 Å². The molecule has 4 amide bonds. The number of nitrogens with zero attached hydrogens (tertiary/aromatic N) is 4. The molecule has 0 aliphatic carbocycles. The van der Waals surface area contributed by atoms with Crippen molar-refractivity contribution in [2.75, 3.05) is 39.5 Å². The fraction of sp³-hybridized carbons (Fsp3) is 0.394. The van der Waals surface area contributed by atoms with Crippen LogP contribution in [0.1, 0.15) is 54.3 Å². The first-order valence-electron chi connectivity index (χ1n) is 15.9. The molecule has 1 heterocycles. The second-order valence-corrected chi connectivity index (χ2v) is 12.4. The normalized spacial score (nSPS) is 14.2. The highest BCUT2D eigenvalue weighted by Gasteiger charge is 2.38. The summed E-state index contributed by atoms with van der Waals surface area (Å²) in [6.45, 7) is 3.70. The summed E-state index contributed by atoms with van der Waals surface area (Å²) in [5.74, 6) is -3.60. The molecule has 0 unspecified atom stereocenters. The van der Waals surface area contributed by atoms with Gasteiger partial charge in [0.05, 0.1) is 23.3 Å². The van der Waals surface area contributed by atoms with Gasteiger partial charge in [0.2, 0.25) is 18.6 Å². The number of amides is 4. The Morgan fingerprint density at radius 2 is 1.33 bits per heavy atom. The standard InChI is InChI=1S/C33H44N10O8/c1-33(2,3)30(49)51-19-50-26(45)18-42-15-16-43(25(44)17-39-28(47)21-8-12-23(13-9-21)41-32(36)37)24(29(42)48)5-4-14-38-27(46)20-6-10-22(11-7-20)40-31(34)35/h6-13,24H,4-5,14-19H2,1-3H3,(H,38,46)(H,39,47)(H4,34,35,40)(H4,36,37,41)/t24-/m0/s1. The van der Waals surface area contributed by atoms with E-state index in [1.165, 1.54) is 34.1 Å². The number of carbonyl (C=O) groups is 6. The number of nitrogens with two attached hydrogens (primary N) is 4. The van der Waals surface area contributed by atoms with Crippen LogP contribution in [0.4, 0.5) is 11.4 Å². The van der Waals surface area contributed by atoms with Crippen LogP contribution in [0.3, 0.4) is 0 Å². The summed E-state index contributed by atoms with van der Waals surface area (Å²) < 4.78 is 9.97. The number of ether oxygens (including phenoxy) is 2. The second kappa shape index (κ2) is 18.0. The average molecular weight is 709 g/mol. The monoisotopic (exact) mass is 708 g/mol. The first-order chi connectivity index (χ1) is 24.0. The Morgan fingerprint density at radius 1 is 0.804 bits per heavy atom. The van der Waals surface area contributed by atoms with Crippen LogP contribution in [0.5, 0.6) is 0 Å². The van der Waals surface area contributed by atoms with Crippen molar-refractivity contribution in [2.24, 2.45) is 38.3 Å². The number of carbonyl (C=O) groups excluding carboxylic acids is 6. The van der Waals surface area contributed by atoms with E-state index in [1.807, 2.05) is 0 Å². The lowest BCUT2D eigenvalue weighted by Crippen LogP contribution is -2.61. The minimum atomic E-state index is -1.01. The fourth-order valence-electron chi connectivity index (χ4n) is 4.77. The van der Waals surface area contributed by atoms with Crippen molar-refractivity contribution in [3.05, 3.63) is 59.7 Å². The molecule has 0 spiro atoms. The maximum Gasteiger partial charge on any atom is 0.328 e. The average Bonchev–Trinajstić information content (AvgIpc) is 3.06. The quantitative estimate of drug-likeness (QED) is 0.0479. The number of piperazine rings is 1. The molecular formula is C33H44N10O8. The number of guanidine groups is 2. The summed E-state index contributed by atoms with van der Waals surface area (Å²) in [7, 11) is 0. The molecule has 51 heavy (non-hydrogen) atoms. The number of benzene rings is 2. The van der Waals surface area contributed by atoms with Gasteiger partial charge in [0.15, 0.2) is 11.9 Å². The van der Waals surface area contributed by atoms with Crippen molar-refractivity contribution >= 4 is 58.9 Å². The summed E-state index contributed by atoms with van der Waals surface area (Å²) in [6.07, 6.45) is 0.413. The Morgan fingerprint density at radius 3 is 1.84 bits per heavy atom. The fourth-order valence-corrected chi connectivity index (χ4v) is 4.77. The van der Waals surface area contributed by atoms with Gasteiger partial charge >= 0.3 is 11.9 Å². The summed E-state index contributed by atoms with van der Waals surface area (Å²) in [5.41, 5.74) is 22.2. The van der Waals surface area contributed by atoms with Gasteiger partial charge in [0.25, 0.3) is 11.8 Å². The molecule has 18 heteroatoms. The predicted molar refractivity (Wildman–Crippen MR) is 186 cm³/mol. The number of hydrogen-bond acceptors (Lipinski definition) is 10. The van der Waals surface area contributed by atoms with E-state index in [-0.39, 0.29) is 55.9 Å². The maximum absolute atomic E-state index is 13.6. The van der Waals surface area contributed by atoms with Crippen LogP contribution < -0.4 is 33.6 Å². The number of hydrogen-bond donors (Lipinski definition) is 6. The van der Waals surface area contributed by atoms with Gasteiger partial charge < -0.3 is 52.8 Å². The van der Waals surface area contributed by atoms with E-state index in [4.69, 9.17) is 32.4 Å². The van der Waals surface area contributed by atoms with Crippen LogP contribution in [0.25, 0.3) is 0 Å². The highest BCUT2D eigenvalue weighted by atomic mass is 16.7. The van der Waals surface area contributed by atoms with Crippen molar-refractivity contribution < 1.29 is 38.2 Å². The Hall–Kier alpha value is -6.20. The third-order valence-electron chi connectivity index (χ3n) is 7.36. The van der Waals surface area contributed by atoms with E-state index in [0.717, 1.165) is 0 Å². The van der Waals surface area contributed by atoms with Crippen LogP contribution in [-0.2, 0) is 28.7 Å². The van der Waals surface area contributed by atoms with Gasteiger partial charge in [-0.25, -0.2) is 9.98 Å². The van der Waals surface area contributed by atoms with Gasteiger partial charge in [0, 0.05) is 30.8 Å². The molecule has 3 rings (SSSR count). The minimum absolute atomic E-state index is 0.00470. The lowest BCUT2D eigenvalue weighted by Gasteiger charge is -2.40. The molecule has 18 nitrogen and oxygen atoms in total. The third-order valence-corrected chi connectivity index (χ3v) is 7.36. The minimum Gasteiger partial charge on any atom is -0.427 e. The van der Waals surface area contributed by atoms with Crippen LogP contribution >= 0.6 is 0 Å². The molecule has 1 aliphatic heterocycles. The van der Waals surface area contributed by atoms with E-state index >= 15 is 0 Å². The Labute approximate surface area is 294 Å². The Kier molecular flexibility index (Phi) is 13.8. The first-order valence-corrected chi connectivity index (χ1v) is 15.9. The Bertz CT molecular complexity index is 1640. The predicted octanol–water partition coefficient (Wildman–Crippen LogP) is -0.434. The highest BCUT2D eigenvalue weighted by Crippen LogP contribution is 2.19. The number of aliphatic imine (C=N–C) groups is 2. The van der Waals surface area contributed by atoms with Gasteiger partial charge in [-0.15, -0.1) is 0 Å². The van der Waals surface area contributed by atoms with Gasteiger partial charge in [-0.1, -0.05) is 0 Å². The molecule has 2 aromatic rings. The highest BCUT2D eigenvalue weighted by molar-refractivity contribution is 5.98. The SMILES string of the molecule is CC(C)(C)C(=O)OCOC(=O)CN1CCN(C(=O)CNC(=O)c2ccc(N=C(N)N)cc2)[C@@H](CCCNC(=O)c2ccc(N=C(N)N)cc2)C1=O. The molecule has 0 aromatic heterocycles. The molecule has 0 radical (unpaired) electrons. The van der Waals surface area contributed by atoms with Crippen molar-refractivity contribution in [1.82, 2.24) is 20.4 Å². The molecule has 0 saturated carbocycles. The van der Waals surface area contributed by atoms with E-state index < -0.39 is 61.0 Å². The summed E-state index contributed by atoms with van der Waals surface area (Å²) in [4.78, 5) is 87.3. The molecule has 0 bridgehead atoms. The summed E-state index contributed by atoms with van der Waals surface area (Å²) >= 11 is 0. The second-order valence-electron chi connectivity index (χ2n) is 12.4. The lowest BCUT2D eigenvalue weighted by molar-refractivity contribution is -0.175. The molecule has 1 aliphatic rings. The molecule has 274 valence electrons. The zero-order chi connectivity index (χ0) is 37.7. The van der Waals surface area contributed by atoms with E-state index in [1.54, 1.807) is 45.0 Å². The zero-order valence-corrected chi connectivity index (χ0v) is 28.7. The van der Waals surface area contributed by atoms with Crippen molar-refractivity contribution in [2.45, 2.75) is 39.7 Å². The number of esters is 2. The van der Waals surface area contributed by atoms with Gasteiger partial charge in [-0.3, -0.25) is 28.8 Å². The first kappa shape index (κ1) is 39.2. The summed E-state index contributed by atoms with van der Waals surface area (Å²) in [6, 6.07) is 11.3. The van der Waals surface area contributed by atoms with Crippen molar-refractivity contribution in [1.29, 1.82) is 0 Å². The largest absolute Gasteiger partial charge is 0.427 e. The van der Waals surface area contributed by atoms with Crippen molar-refractivity contribution in [3.63, 3.8) is 0 Å². The molecular weight excluding hydrogens is 664 g/mol. The van der Waals surface area contributed by atoms with E-state index in [9.17, 15) is 28.8 Å². The number of nitrogens with one attached hydrogen (secondary N) is 2. The van der Waals surface area contributed by atoms with Crippen LogP contribution in [0.15, 0.2) is 58.5 Å². The van der Waals surface area contributed by atoms with Gasteiger partial charge in [0.1, 0.15) is 12.6 Å². The van der Waals surface area contributed by atoms with E-state index in [2.05, 4.69) is 20.6 Å². The molecule has 2 aromatic carbocycles. The van der Waals surface area contributed by atoms with Crippen LogP contribution in [-0.4, -0.2) is 103 Å². The smallest absolute Gasteiger partial charge is 0.328 e. The van der Waals surface area contributed by atoms with E-state index in [0.29, 0.717) is 16.9 Å². The Balaban J connectivity index is 1.63. The van der Waals surface area contributed by atoms with Crippen molar-refractivity contribution in [3.8, 4) is 0 Å². The molecule has 1 atom stereocenters. The van der Waals surface area contributed by atoms with Gasteiger partial charge in [-0.2, -0.15) is 0 Å². The molecule has 1 saturated heterocycles. The topological polar surface area (TPSA) is 280 Å². The maximum atomic E-state index is 13.6. The third kappa shape index (κ3) is 12.3.